The number of aromatic nitrogens is 4. The van der Waals surface area contributed by atoms with E-state index in [1.54, 1.807) is 6.08 Å². The number of rotatable bonds is 6. The Morgan fingerprint density at radius 1 is 1.03 bits per heavy atom. The lowest BCUT2D eigenvalue weighted by molar-refractivity contribution is 0.195. The highest BCUT2D eigenvalue weighted by Crippen LogP contribution is 2.40. The second-order valence-electron chi connectivity index (χ2n) is 8.71. The Hall–Kier alpha value is -3.04. The van der Waals surface area contributed by atoms with Crippen LogP contribution in [0.25, 0.3) is 15.9 Å². The molecule has 3 aliphatic carbocycles. The van der Waals surface area contributed by atoms with Crippen LogP contribution in [0.5, 0.6) is 0 Å². The molecular weight excluding hydrogens is 581 g/mol. The summed E-state index contributed by atoms with van der Waals surface area (Å²) >= 11 is 12.3. The van der Waals surface area contributed by atoms with Crippen molar-refractivity contribution in [1.82, 2.24) is 25.3 Å². The van der Waals surface area contributed by atoms with Crippen molar-refractivity contribution in [3.63, 3.8) is 0 Å². The van der Waals surface area contributed by atoms with Crippen LogP contribution in [0.1, 0.15) is 36.0 Å². The SMILES string of the molecule is O=S(=O)(NC1=C2C=CCCC2C(OS(=O)(=O)c2ccc(Cl)c3nonc23)C=C1)C1=CCC(Cl)c2nonc21. The molecule has 0 bridgehead atoms. The maximum absolute atomic E-state index is 13.3. The molecule has 0 fully saturated rings. The van der Waals surface area contributed by atoms with E-state index in [2.05, 4.69) is 30.0 Å². The zero-order valence-electron chi connectivity index (χ0n) is 19.1. The second kappa shape index (κ2) is 9.31. The molecule has 0 amide bonds. The number of sulfonamides is 1. The van der Waals surface area contributed by atoms with Gasteiger partial charge in [-0.15, -0.1) is 11.6 Å². The molecule has 198 valence electrons. The third-order valence-electron chi connectivity index (χ3n) is 6.43. The van der Waals surface area contributed by atoms with Gasteiger partial charge in [-0.05, 0) is 58.5 Å². The van der Waals surface area contributed by atoms with Crippen LogP contribution in [-0.4, -0.2) is 43.6 Å². The zero-order chi connectivity index (χ0) is 26.7. The third-order valence-corrected chi connectivity index (χ3v) is 9.89. The summed E-state index contributed by atoms with van der Waals surface area (Å²) < 4.78 is 70.7. The van der Waals surface area contributed by atoms with E-state index < -0.39 is 37.5 Å². The van der Waals surface area contributed by atoms with Crippen LogP contribution < -0.4 is 4.72 Å². The molecule has 0 saturated carbocycles. The predicted molar refractivity (Wildman–Crippen MR) is 134 cm³/mol. The number of allylic oxidation sites excluding steroid dienone is 4. The van der Waals surface area contributed by atoms with Crippen molar-refractivity contribution in [2.45, 2.75) is 35.6 Å². The number of hydrogen-bond donors (Lipinski definition) is 1. The standard InChI is InChI=1S/C22H17Cl2N5O7S2/c23-13-5-9-17(21-19(13)25-35-27-21)37(30,31)29-15-7-8-16(12-4-2-1-3-11(12)15)34-38(32,33)18-10-6-14(24)20-22(18)28-36-26-20/h1,3,6-10,12-13,16,29H,2,4-5H2. The van der Waals surface area contributed by atoms with E-state index >= 15 is 0 Å². The van der Waals surface area contributed by atoms with E-state index in [-0.39, 0.29) is 49.4 Å². The molecule has 12 nitrogen and oxygen atoms in total. The Morgan fingerprint density at radius 2 is 1.82 bits per heavy atom. The highest BCUT2D eigenvalue weighted by atomic mass is 35.5. The molecule has 0 saturated heterocycles. The summed E-state index contributed by atoms with van der Waals surface area (Å²) in [6.45, 7) is 0. The summed E-state index contributed by atoms with van der Waals surface area (Å²) in [6, 6.07) is 2.63. The molecule has 3 unspecified atom stereocenters. The molecule has 1 aromatic carbocycles. The predicted octanol–water partition coefficient (Wildman–Crippen LogP) is 3.77. The zero-order valence-corrected chi connectivity index (χ0v) is 22.3. The fourth-order valence-corrected chi connectivity index (χ4v) is 7.57. The number of halogens is 2. The lowest BCUT2D eigenvalue weighted by Gasteiger charge is -2.32. The number of nitrogens with one attached hydrogen (secondary N) is 1. The molecule has 1 N–H and O–H groups in total. The van der Waals surface area contributed by atoms with Crippen molar-refractivity contribution in [2.75, 3.05) is 0 Å². The van der Waals surface area contributed by atoms with Crippen LogP contribution in [0.2, 0.25) is 5.02 Å². The Labute approximate surface area is 226 Å². The first-order valence-electron chi connectivity index (χ1n) is 11.3. The molecule has 3 atom stereocenters. The van der Waals surface area contributed by atoms with Gasteiger partial charge in [-0.3, -0.25) is 8.91 Å². The van der Waals surface area contributed by atoms with Crippen LogP contribution in [-0.2, 0) is 24.3 Å². The van der Waals surface area contributed by atoms with Gasteiger partial charge in [-0.1, -0.05) is 41.1 Å². The lowest BCUT2D eigenvalue weighted by atomic mass is 9.81. The van der Waals surface area contributed by atoms with Crippen molar-refractivity contribution < 1.29 is 30.3 Å². The maximum Gasteiger partial charge on any atom is 0.299 e. The third kappa shape index (κ3) is 4.25. The minimum absolute atomic E-state index is 0.0494. The molecule has 38 heavy (non-hydrogen) atoms. The topological polar surface area (TPSA) is 167 Å². The van der Waals surface area contributed by atoms with Gasteiger partial charge in [-0.25, -0.2) is 17.7 Å². The van der Waals surface area contributed by atoms with Crippen LogP contribution >= 0.6 is 23.2 Å². The van der Waals surface area contributed by atoms with Gasteiger partial charge in [0.25, 0.3) is 20.1 Å². The van der Waals surface area contributed by atoms with E-state index in [0.29, 0.717) is 18.4 Å². The number of fused-ring (bicyclic) bond motifs is 3. The molecule has 2 heterocycles. The van der Waals surface area contributed by atoms with E-state index in [4.69, 9.17) is 32.0 Å². The Kier molecular flexibility index (Phi) is 6.18. The van der Waals surface area contributed by atoms with Crippen LogP contribution in [0.15, 0.2) is 67.9 Å². The largest absolute Gasteiger partial charge is 0.299 e. The average molecular weight is 598 g/mol. The van der Waals surface area contributed by atoms with Crippen molar-refractivity contribution in [3.05, 3.63) is 70.2 Å². The van der Waals surface area contributed by atoms with Crippen molar-refractivity contribution in [2.24, 2.45) is 5.92 Å². The van der Waals surface area contributed by atoms with Crippen molar-refractivity contribution in [3.8, 4) is 0 Å². The van der Waals surface area contributed by atoms with Crippen molar-refractivity contribution >= 4 is 59.3 Å². The molecule has 0 spiro atoms. The normalized spacial score (nSPS) is 23.3. The Bertz CT molecular complexity index is 1790. The molecule has 3 aromatic rings. The Balaban J connectivity index is 1.30. The van der Waals surface area contributed by atoms with Gasteiger partial charge in [0.05, 0.1) is 16.1 Å². The maximum atomic E-state index is 13.3. The van der Waals surface area contributed by atoms with Gasteiger partial charge in [0.1, 0.15) is 21.6 Å². The van der Waals surface area contributed by atoms with Crippen LogP contribution in [0.3, 0.4) is 0 Å². The number of benzene rings is 1. The van der Waals surface area contributed by atoms with Gasteiger partial charge in [0.2, 0.25) is 0 Å². The first kappa shape index (κ1) is 25.2. The van der Waals surface area contributed by atoms with Gasteiger partial charge in [-0.2, -0.15) is 8.42 Å². The van der Waals surface area contributed by atoms with Gasteiger partial charge in [0.15, 0.2) is 16.7 Å². The van der Waals surface area contributed by atoms with E-state index in [0.717, 1.165) is 0 Å². The van der Waals surface area contributed by atoms with E-state index in [9.17, 15) is 16.8 Å². The van der Waals surface area contributed by atoms with Gasteiger partial charge in [0, 0.05) is 5.92 Å². The number of hydrogen-bond acceptors (Lipinski definition) is 11. The lowest BCUT2D eigenvalue weighted by Crippen LogP contribution is -2.34. The highest BCUT2D eigenvalue weighted by molar-refractivity contribution is 7.99. The molecular formula is C22H17Cl2N5O7S2. The smallest absolute Gasteiger partial charge is 0.279 e. The quantitative estimate of drug-likeness (QED) is 0.324. The fourth-order valence-electron chi connectivity index (χ4n) is 4.65. The summed E-state index contributed by atoms with van der Waals surface area (Å²) in [5, 5.41) is 14.4. The minimum atomic E-state index is -4.33. The molecule has 16 heteroatoms. The molecule has 2 aromatic heterocycles. The van der Waals surface area contributed by atoms with Gasteiger partial charge >= 0.3 is 0 Å². The summed E-state index contributed by atoms with van der Waals surface area (Å²) in [5.74, 6) is -0.451. The highest BCUT2D eigenvalue weighted by Gasteiger charge is 2.37. The first-order valence-corrected chi connectivity index (χ1v) is 15.0. The summed E-state index contributed by atoms with van der Waals surface area (Å²) in [5.41, 5.74) is 1.21. The average Bonchev–Trinajstić information content (AvgIpc) is 3.57. The summed E-state index contributed by atoms with van der Waals surface area (Å²) in [6.07, 6.45) is 8.58. The second-order valence-corrected chi connectivity index (χ2v) is 12.8. The van der Waals surface area contributed by atoms with Crippen molar-refractivity contribution in [1.29, 1.82) is 0 Å². The van der Waals surface area contributed by atoms with E-state index in [1.165, 1.54) is 30.4 Å². The fraction of sp³-hybridized carbons (Fsp3) is 0.273. The van der Waals surface area contributed by atoms with Gasteiger partial charge < -0.3 is 0 Å². The van der Waals surface area contributed by atoms with Crippen LogP contribution in [0.4, 0.5) is 0 Å². The first-order chi connectivity index (χ1) is 18.2. The summed E-state index contributed by atoms with van der Waals surface area (Å²) in [7, 11) is -8.44. The number of alkyl halides is 1. The monoisotopic (exact) mass is 597 g/mol. The van der Waals surface area contributed by atoms with Crippen LogP contribution in [0, 0.1) is 5.92 Å². The molecule has 6 rings (SSSR count). The minimum Gasteiger partial charge on any atom is -0.279 e. The number of nitrogens with zero attached hydrogens (tertiary/aromatic N) is 4. The Morgan fingerprint density at radius 3 is 2.66 bits per heavy atom. The molecule has 3 aliphatic rings. The molecule has 0 radical (unpaired) electrons. The summed E-state index contributed by atoms with van der Waals surface area (Å²) in [4.78, 5) is -0.341. The molecule has 0 aliphatic heterocycles. The van der Waals surface area contributed by atoms with E-state index in [1.807, 2.05) is 6.08 Å².